The highest BCUT2D eigenvalue weighted by Crippen LogP contribution is 2.56. The largest absolute Gasteiger partial charge is 0.493 e. The zero-order chi connectivity index (χ0) is 23.5. The topological polar surface area (TPSA) is 60.0 Å². The van der Waals surface area contributed by atoms with Crippen molar-refractivity contribution in [1.82, 2.24) is 10.2 Å². The summed E-state index contributed by atoms with van der Waals surface area (Å²) < 4.78 is 17.0. The van der Waals surface area contributed by atoms with E-state index in [1.54, 1.807) is 14.2 Å². The molecule has 34 heavy (non-hydrogen) atoms. The number of rotatable bonds is 5. The quantitative estimate of drug-likeness (QED) is 0.660. The summed E-state index contributed by atoms with van der Waals surface area (Å²) in [4.78, 5) is 15.4. The molecule has 2 unspecified atom stereocenters. The van der Waals surface area contributed by atoms with Gasteiger partial charge < -0.3 is 19.5 Å². The van der Waals surface area contributed by atoms with Crippen LogP contribution in [-0.2, 0) is 10.2 Å². The summed E-state index contributed by atoms with van der Waals surface area (Å²) in [5.41, 5.74) is 1.25. The van der Waals surface area contributed by atoms with Crippen LogP contribution in [0.15, 0.2) is 30.0 Å². The van der Waals surface area contributed by atoms with Crippen molar-refractivity contribution >= 4 is 6.09 Å². The monoisotopic (exact) mass is 466 g/mol. The minimum absolute atomic E-state index is 0.00242. The average Bonchev–Trinajstić information content (AvgIpc) is 3.14. The summed E-state index contributed by atoms with van der Waals surface area (Å²) >= 11 is 0. The third kappa shape index (κ3) is 3.60. The van der Waals surface area contributed by atoms with Crippen molar-refractivity contribution in [2.45, 2.75) is 74.8 Å². The molecule has 1 amide bonds. The van der Waals surface area contributed by atoms with E-state index in [1.807, 2.05) is 6.07 Å². The molecule has 1 saturated heterocycles. The van der Waals surface area contributed by atoms with Crippen molar-refractivity contribution in [3.63, 3.8) is 0 Å². The van der Waals surface area contributed by atoms with Crippen LogP contribution >= 0.6 is 0 Å². The smallest absolute Gasteiger partial charge is 0.412 e. The average molecular weight is 467 g/mol. The first-order valence-electron chi connectivity index (χ1n) is 13.1. The summed E-state index contributed by atoms with van der Waals surface area (Å²) in [7, 11) is 5.53. The lowest BCUT2D eigenvalue weighted by atomic mass is 9.53. The molecule has 1 aromatic rings. The minimum atomic E-state index is -0.243. The number of nitrogens with one attached hydrogen (secondary N) is 1. The van der Waals surface area contributed by atoms with Crippen molar-refractivity contribution in [3.05, 3.63) is 35.6 Å². The summed E-state index contributed by atoms with van der Waals surface area (Å²) in [6.07, 6.45) is 12.3. The molecule has 1 aromatic carbocycles. The van der Waals surface area contributed by atoms with E-state index in [-0.39, 0.29) is 23.1 Å². The number of allylic oxidation sites excluding steroid dienone is 1. The Morgan fingerprint density at radius 2 is 1.68 bits per heavy atom. The Balaban J connectivity index is 1.19. The number of fused-ring (bicyclic) bond motifs is 1. The summed E-state index contributed by atoms with van der Waals surface area (Å²) in [6.45, 7) is 1.02. The third-order valence-electron chi connectivity index (χ3n) is 9.70. The van der Waals surface area contributed by atoms with Gasteiger partial charge in [0.2, 0.25) is 0 Å². The van der Waals surface area contributed by atoms with Crippen molar-refractivity contribution < 1.29 is 19.0 Å². The number of likely N-dealkylation sites (tertiary alicyclic amines) is 1. The van der Waals surface area contributed by atoms with Crippen LogP contribution < -0.4 is 14.8 Å². The van der Waals surface area contributed by atoms with Crippen LogP contribution in [0.1, 0.15) is 63.4 Å². The number of nitrogens with zero attached hydrogens (tertiary/aromatic N) is 1. The van der Waals surface area contributed by atoms with E-state index in [0.29, 0.717) is 0 Å². The molecule has 6 heteroatoms. The number of benzene rings is 1. The van der Waals surface area contributed by atoms with Crippen molar-refractivity contribution in [2.24, 2.45) is 17.8 Å². The molecule has 4 saturated carbocycles. The van der Waals surface area contributed by atoms with Gasteiger partial charge in [0.25, 0.3) is 0 Å². The molecule has 6 nitrogen and oxygen atoms in total. The summed E-state index contributed by atoms with van der Waals surface area (Å²) in [5, 5.41) is 3.37. The lowest BCUT2D eigenvalue weighted by Crippen LogP contribution is -2.59. The maximum atomic E-state index is 13.1. The molecular formula is C28H38N2O4. The Morgan fingerprint density at radius 1 is 1.00 bits per heavy atom. The highest BCUT2D eigenvalue weighted by atomic mass is 16.6. The van der Waals surface area contributed by atoms with Crippen LogP contribution in [-0.4, -0.2) is 50.4 Å². The maximum Gasteiger partial charge on any atom is 0.412 e. The second-order valence-electron chi connectivity index (χ2n) is 11.7. The molecule has 0 spiro atoms. The molecule has 5 fully saturated rings. The number of alkyl carbamates (subject to hydrolysis) is 1. The van der Waals surface area contributed by atoms with Crippen molar-refractivity contribution in [3.8, 4) is 11.5 Å². The first kappa shape index (κ1) is 22.3. The lowest BCUT2D eigenvalue weighted by Gasteiger charge is -2.56. The normalized spacial score (nSPS) is 38.3. The van der Waals surface area contributed by atoms with E-state index in [4.69, 9.17) is 14.2 Å². The Bertz CT molecular complexity index is 969. The van der Waals surface area contributed by atoms with Gasteiger partial charge in [0, 0.05) is 23.4 Å². The highest BCUT2D eigenvalue weighted by Gasteiger charge is 2.52. The summed E-state index contributed by atoms with van der Waals surface area (Å²) in [6, 6.07) is 6.51. The predicted molar refractivity (Wildman–Crippen MR) is 130 cm³/mol. The molecule has 2 atom stereocenters. The first-order valence-corrected chi connectivity index (χ1v) is 13.1. The van der Waals surface area contributed by atoms with E-state index in [2.05, 4.69) is 35.5 Å². The Kier molecular flexibility index (Phi) is 5.36. The van der Waals surface area contributed by atoms with Gasteiger partial charge in [-0.25, -0.2) is 4.79 Å². The molecule has 0 radical (unpaired) electrons. The van der Waals surface area contributed by atoms with Gasteiger partial charge in [-0.1, -0.05) is 6.07 Å². The molecule has 6 aliphatic rings. The molecule has 1 N–H and O–H groups in total. The van der Waals surface area contributed by atoms with Crippen LogP contribution in [0.5, 0.6) is 11.5 Å². The Labute approximate surface area is 203 Å². The van der Waals surface area contributed by atoms with Crippen LogP contribution in [0.3, 0.4) is 0 Å². The molecular weight excluding hydrogens is 428 g/mol. The van der Waals surface area contributed by atoms with Crippen LogP contribution in [0.2, 0.25) is 0 Å². The van der Waals surface area contributed by atoms with E-state index < -0.39 is 0 Å². The van der Waals surface area contributed by atoms with Gasteiger partial charge in [-0.05, 0) is 106 Å². The standard InChI is InChI=1S/C28H38N2O4/c1-30-9-8-28(21-4-5-23(32-2)24(13-21)33-3)7-6-22(14-25(28)30)34-26(31)29-27-15-18-10-19(16-27)12-20(11-18)17-27/h4-5,13-14,18-20,25H,6-12,15-17H2,1-3H3,(H,29,31). The van der Waals surface area contributed by atoms with E-state index in [0.717, 1.165) is 80.1 Å². The molecule has 184 valence electrons. The zero-order valence-corrected chi connectivity index (χ0v) is 20.8. The van der Waals surface area contributed by atoms with E-state index >= 15 is 0 Å². The van der Waals surface area contributed by atoms with Gasteiger partial charge in [0.05, 0.1) is 14.2 Å². The number of carbonyl (C=O) groups excluding carboxylic acids is 1. The second-order valence-corrected chi connectivity index (χ2v) is 11.7. The number of hydrogen-bond acceptors (Lipinski definition) is 5. The number of likely N-dealkylation sites (N-methyl/N-ethyl adjacent to an activating group) is 1. The second kappa shape index (κ2) is 8.18. The molecule has 5 aliphatic carbocycles. The van der Waals surface area contributed by atoms with Crippen LogP contribution in [0, 0.1) is 17.8 Å². The molecule has 0 aromatic heterocycles. The molecule has 1 aliphatic heterocycles. The Morgan fingerprint density at radius 3 is 2.32 bits per heavy atom. The highest BCUT2D eigenvalue weighted by molar-refractivity contribution is 5.70. The molecule has 1 heterocycles. The fourth-order valence-electron chi connectivity index (χ4n) is 8.57. The third-order valence-corrected chi connectivity index (χ3v) is 9.70. The summed E-state index contributed by atoms with van der Waals surface area (Å²) in [5.74, 6) is 4.74. The van der Waals surface area contributed by atoms with Gasteiger partial charge >= 0.3 is 6.09 Å². The minimum Gasteiger partial charge on any atom is -0.493 e. The zero-order valence-electron chi connectivity index (χ0n) is 20.8. The predicted octanol–water partition coefficient (Wildman–Crippen LogP) is 5.02. The molecule has 4 bridgehead atoms. The van der Waals surface area contributed by atoms with Crippen molar-refractivity contribution in [2.75, 3.05) is 27.8 Å². The van der Waals surface area contributed by atoms with Gasteiger partial charge in [-0.2, -0.15) is 0 Å². The molecule has 7 rings (SSSR count). The number of ether oxygens (including phenoxy) is 3. The fourth-order valence-corrected chi connectivity index (χ4v) is 8.57. The van der Waals surface area contributed by atoms with Crippen molar-refractivity contribution in [1.29, 1.82) is 0 Å². The van der Waals surface area contributed by atoms with Crippen LogP contribution in [0.4, 0.5) is 4.79 Å². The van der Waals surface area contributed by atoms with Gasteiger partial charge in [0.1, 0.15) is 5.76 Å². The van der Waals surface area contributed by atoms with E-state index in [1.165, 1.54) is 24.8 Å². The Hall–Kier alpha value is -2.21. The van der Waals surface area contributed by atoms with Gasteiger partial charge in [0.15, 0.2) is 11.5 Å². The van der Waals surface area contributed by atoms with Crippen LogP contribution in [0.25, 0.3) is 0 Å². The first-order chi connectivity index (χ1) is 16.4. The number of amides is 1. The lowest BCUT2D eigenvalue weighted by molar-refractivity contribution is -0.0178. The maximum absolute atomic E-state index is 13.1. The van der Waals surface area contributed by atoms with E-state index in [9.17, 15) is 4.79 Å². The SMILES string of the molecule is COc1ccc(C23CCC(OC(=O)NC45CC6CC(CC(C6)C4)C5)=CC2N(C)CC3)cc1OC. The number of carbonyl (C=O) groups is 1. The fraction of sp³-hybridized carbons (Fsp3) is 0.679. The number of hydrogen-bond donors (Lipinski definition) is 1. The van der Waals surface area contributed by atoms with Gasteiger partial charge in [-0.15, -0.1) is 0 Å². The van der Waals surface area contributed by atoms with Gasteiger partial charge in [-0.3, -0.25) is 4.90 Å². The number of methoxy groups -OCH3 is 2.